The molecule has 0 saturated carbocycles. The number of aromatic nitrogens is 1. The van der Waals surface area contributed by atoms with E-state index in [1.807, 2.05) is 17.0 Å². The van der Waals surface area contributed by atoms with Gasteiger partial charge in [0.05, 0.1) is 0 Å². The van der Waals surface area contributed by atoms with Crippen LogP contribution >= 0.6 is 0 Å². The Kier molecular flexibility index (Phi) is 6.25. The van der Waals surface area contributed by atoms with Crippen LogP contribution in [0.4, 0.5) is 5.69 Å². The van der Waals surface area contributed by atoms with Crippen molar-refractivity contribution in [3.8, 4) is 0 Å². The van der Waals surface area contributed by atoms with Gasteiger partial charge in [0, 0.05) is 38.1 Å². The van der Waals surface area contributed by atoms with Gasteiger partial charge in [-0.1, -0.05) is 43.2 Å². The van der Waals surface area contributed by atoms with Gasteiger partial charge in [0.2, 0.25) is 0 Å². The normalized spacial score (nSPS) is 18.7. The Bertz CT molecular complexity index is 760. The second-order valence-corrected chi connectivity index (χ2v) is 8.23. The zero-order valence-corrected chi connectivity index (χ0v) is 16.7. The van der Waals surface area contributed by atoms with Crippen molar-refractivity contribution in [3.05, 3.63) is 59.9 Å². The predicted molar refractivity (Wildman–Crippen MR) is 114 cm³/mol. The summed E-state index contributed by atoms with van der Waals surface area (Å²) >= 11 is 0. The van der Waals surface area contributed by atoms with E-state index in [1.165, 1.54) is 31.2 Å². The van der Waals surface area contributed by atoms with Crippen molar-refractivity contribution in [2.24, 2.45) is 5.92 Å². The van der Waals surface area contributed by atoms with Crippen molar-refractivity contribution in [1.82, 2.24) is 9.88 Å². The van der Waals surface area contributed by atoms with Gasteiger partial charge in [0.15, 0.2) is 0 Å². The summed E-state index contributed by atoms with van der Waals surface area (Å²) < 4.78 is 0. The van der Waals surface area contributed by atoms with Crippen LogP contribution in [0.1, 0.15) is 54.6 Å². The lowest BCUT2D eigenvalue weighted by molar-refractivity contribution is 0.0684. The van der Waals surface area contributed by atoms with E-state index in [0.717, 1.165) is 51.1 Å². The first-order chi connectivity index (χ1) is 13.8. The molecule has 4 heteroatoms. The second-order valence-electron chi connectivity index (χ2n) is 8.23. The molecule has 2 aromatic rings. The highest BCUT2D eigenvalue weighted by atomic mass is 16.2. The van der Waals surface area contributed by atoms with E-state index in [2.05, 4.69) is 40.2 Å². The topological polar surface area (TPSA) is 36.4 Å². The summed E-state index contributed by atoms with van der Waals surface area (Å²) in [7, 11) is 0. The number of piperidine rings is 1. The molecule has 0 atom stereocenters. The zero-order chi connectivity index (χ0) is 19.2. The van der Waals surface area contributed by atoms with E-state index in [-0.39, 0.29) is 5.91 Å². The van der Waals surface area contributed by atoms with Gasteiger partial charge in [-0.15, -0.1) is 0 Å². The lowest BCUT2D eigenvalue weighted by Crippen LogP contribution is -2.39. The van der Waals surface area contributed by atoms with Crippen molar-refractivity contribution >= 4 is 11.6 Å². The van der Waals surface area contributed by atoms with E-state index < -0.39 is 0 Å². The maximum absolute atomic E-state index is 13.0. The summed E-state index contributed by atoms with van der Waals surface area (Å²) in [6, 6.07) is 14.7. The Labute approximate surface area is 168 Å². The molecule has 1 aromatic heterocycles. The Morgan fingerprint density at radius 1 is 0.929 bits per heavy atom. The van der Waals surface area contributed by atoms with Gasteiger partial charge in [-0.3, -0.25) is 9.78 Å². The molecule has 0 spiro atoms. The van der Waals surface area contributed by atoms with Crippen LogP contribution in [0, 0.1) is 5.92 Å². The quantitative estimate of drug-likeness (QED) is 0.784. The maximum Gasteiger partial charge on any atom is 0.272 e. The SMILES string of the molecule is O=C(c1cc(N2CCCCCC2)ccn1)N1CCC(Cc2ccccc2)CC1. The van der Waals surface area contributed by atoms with E-state index in [4.69, 9.17) is 0 Å². The second kappa shape index (κ2) is 9.22. The Morgan fingerprint density at radius 3 is 2.36 bits per heavy atom. The summed E-state index contributed by atoms with van der Waals surface area (Å²) in [4.78, 5) is 21.8. The van der Waals surface area contributed by atoms with Crippen molar-refractivity contribution in [1.29, 1.82) is 0 Å². The Balaban J connectivity index is 1.35. The van der Waals surface area contributed by atoms with Crippen molar-refractivity contribution in [2.45, 2.75) is 44.9 Å². The van der Waals surface area contributed by atoms with E-state index in [0.29, 0.717) is 11.6 Å². The van der Waals surface area contributed by atoms with Crippen molar-refractivity contribution < 1.29 is 4.79 Å². The smallest absolute Gasteiger partial charge is 0.272 e. The fourth-order valence-corrected chi connectivity index (χ4v) is 4.51. The van der Waals surface area contributed by atoms with Crippen LogP contribution in [0.5, 0.6) is 0 Å². The molecule has 3 heterocycles. The third-order valence-electron chi connectivity index (χ3n) is 6.20. The molecule has 2 fully saturated rings. The molecule has 148 valence electrons. The number of hydrogen-bond donors (Lipinski definition) is 0. The third-order valence-corrected chi connectivity index (χ3v) is 6.20. The zero-order valence-electron chi connectivity index (χ0n) is 16.7. The highest BCUT2D eigenvalue weighted by Crippen LogP contribution is 2.24. The molecule has 2 aliphatic heterocycles. The Morgan fingerprint density at radius 2 is 1.64 bits per heavy atom. The number of nitrogens with zero attached hydrogens (tertiary/aromatic N) is 3. The van der Waals surface area contributed by atoms with Crippen LogP contribution in [0.25, 0.3) is 0 Å². The standard InChI is InChI=1S/C24H31N3O/c28-24(23-19-22(10-13-25-23)26-14-6-1-2-7-15-26)27-16-11-21(12-17-27)18-20-8-4-3-5-9-20/h3-5,8-10,13,19,21H,1-2,6-7,11-12,14-18H2. The lowest BCUT2D eigenvalue weighted by atomic mass is 9.90. The van der Waals surface area contributed by atoms with Gasteiger partial charge in [-0.25, -0.2) is 0 Å². The first kappa shape index (κ1) is 19.0. The number of hydrogen-bond acceptors (Lipinski definition) is 3. The fourth-order valence-electron chi connectivity index (χ4n) is 4.51. The number of likely N-dealkylation sites (tertiary alicyclic amines) is 1. The molecule has 0 bridgehead atoms. The molecule has 0 unspecified atom stereocenters. The number of rotatable bonds is 4. The lowest BCUT2D eigenvalue weighted by Gasteiger charge is -2.32. The molecule has 4 nitrogen and oxygen atoms in total. The van der Waals surface area contributed by atoms with Crippen LogP contribution in [0.15, 0.2) is 48.7 Å². The minimum atomic E-state index is 0.0924. The number of benzene rings is 1. The number of amides is 1. The third kappa shape index (κ3) is 4.73. The Hall–Kier alpha value is -2.36. The van der Waals surface area contributed by atoms with Crippen molar-refractivity contribution in [2.75, 3.05) is 31.1 Å². The molecule has 1 amide bonds. The molecular weight excluding hydrogens is 346 g/mol. The van der Waals surface area contributed by atoms with Gasteiger partial charge in [-0.2, -0.15) is 0 Å². The molecule has 1 aromatic carbocycles. The summed E-state index contributed by atoms with van der Waals surface area (Å²) in [6.07, 6.45) is 10.2. The fraction of sp³-hybridized carbons (Fsp3) is 0.500. The molecule has 2 aliphatic rings. The van der Waals surface area contributed by atoms with E-state index in [1.54, 1.807) is 6.20 Å². The number of anilines is 1. The minimum absolute atomic E-state index is 0.0924. The van der Waals surface area contributed by atoms with Gasteiger partial charge >= 0.3 is 0 Å². The first-order valence-corrected chi connectivity index (χ1v) is 10.8. The highest BCUT2D eigenvalue weighted by Gasteiger charge is 2.25. The van der Waals surface area contributed by atoms with Crippen LogP contribution in [-0.2, 0) is 6.42 Å². The number of carbonyl (C=O) groups is 1. The van der Waals surface area contributed by atoms with Crippen molar-refractivity contribution in [3.63, 3.8) is 0 Å². The maximum atomic E-state index is 13.0. The summed E-state index contributed by atoms with van der Waals surface area (Å²) in [5.74, 6) is 0.762. The predicted octanol–water partition coefficient (Wildman–Crippen LogP) is 4.56. The molecule has 0 N–H and O–H groups in total. The number of pyridine rings is 1. The summed E-state index contributed by atoms with van der Waals surface area (Å²) in [5, 5.41) is 0. The van der Waals surface area contributed by atoms with Crippen LogP contribution in [0.3, 0.4) is 0 Å². The van der Waals surface area contributed by atoms with Gasteiger partial charge in [0.1, 0.15) is 5.69 Å². The summed E-state index contributed by atoms with van der Waals surface area (Å²) in [6.45, 7) is 3.85. The van der Waals surface area contributed by atoms with E-state index >= 15 is 0 Å². The number of carbonyl (C=O) groups excluding carboxylic acids is 1. The monoisotopic (exact) mass is 377 g/mol. The molecule has 4 rings (SSSR count). The minimum Gasteiger partial charge on any atom is -0.371 e. The van der Waals surface area contributed by atoms with Crippen LogP contribution < -0.4 is 4.90 Å². The molecule has 0 radical (unpaired) electrons. The average Bonchev–Trinajstić information content (AvgIpc) is 3.04. The first-order valence-electron chi connectivity index (χ1n) is 10.8. The molecular formula is C24H31N3O. The van der Waals surface area contributed by atoms with Gasteiger partial charge in [-0.05, 0) is 55.7 Å². The van der Waals surface area contributed by atoms with Crippen LogP contribution in [-0.4, -0.2) is 42.0 Å². The highest BCUT2D eigenvalue weighted by molar-refractivity contribution is 5.93. The molecule has 28 heavy (non-hydrogen) atoms. The molecule has 2 saturated heterocycles. The average molecular weight is 378 g/mol. The van der Waals surface area contributed by atoms with E-state index in [9.17, 15) is 4.79 Å². The van der Waals surface area contributed by atoms with Gasteiger partial charge < -0.3 is 9.80 Å². The summed E-state index contributed by atoms with van der Waals surface area (Å²) in [5.41, 5.74) is 3.15. The van der Waals surface area contributed by atoms with Gasteiger partial charge in [0.25, 0.3) is 5.91 Å². The molecule has 0 aliphatic carbocycles. The largest absolute Gasteiger partial charge is 0.371 e. The van der Waals surface area contributed by atoms with Crippen LogP contribution in [0.2, 0.25) is 0 Å².